The molecule has 2 N–H and O–H groups in total. The van der Waals surface area contributed by atoms with Crippen molar-refractivity contribution >= 4 is 17.8 Å². The van der Waals surface area contributed by atoms with Gasteiger partial charge in [-0.25, -0.2) is 0 Å². The van der Waals surface area contributed by atoms with Crippen molar-refractivity contribution in [3.8, 4) is 0 Å². The van der Waals surface area contributed by atoms with Crippen LogP contribution in [0, 0.1) is 0 Å². The molecule has 1 atom stereocenters. The molecule has 0 rings (SSSR count). The SMILES string of the molecule is CCCCC/C=C\C/C=C\C(CCCCCCC(=O)NCC(=O)O)OC(=O)CCCCCCCCCCCCCCCCCCCCCCCCC. The Balaban J connectivity index is 3.91. The molecule has 6 heteroatoms. The molecule has 1 amide bonds. The normalized spacial score (nSPS) is 12.2. The third-order valence-electron chi connectivity index (χ3n) is 10.1. The van der Waals surface area contributed by atoms with Crippen LogP contribution in [-0.2, 0) is 19.1 Å². The third-order valence-corrected chi connectivity index (χ3v) is 10.1. The number of unbranched alkanes of at least 4 members (excludes halogenated alkanes) is 28. The number of ether oxygens (including phenoxy) is 1. The van der Waals surface area contributed by atoms with Gasteiger partial charge in [0, 0.05) is 12.8 Å². The predicted octanol–water partition coefficient (Wildman–Crippen LogP) is 13.9. The first-order valence-electron chi connectivity index (χ1n) is 22.5. The molecule has 0 saturated heterocycles. The van der Waals surface area contributed by atoms with E-state index in [1.807, 2.05) is 6.08 Å². The molecule has 304 valence electrons. The van der Waals surface area contributed by atoms with Crippen LogP contribution in [0.3, 0.4) is 0 Å². The fourth-order valence-corrected chi connectivity index (χ4v) is 6.76. The average Bonchev–Trinajstić information content (AvgIpc) is 3.13. The lowest BCUT2D eigenvalue weighted by Gasteiger charge is -2.14. The first-order chi connectivity index (χ1) is 25.5. The Kier molecular flexibility index (Phi) is 40.0. The Morgan fingerprint density at radius 3 is 1.42 bits per heavy atom. The van der Waals surface area contributed by atoms with Crippen molar-refractivity contribution in [2.24, 2.45) is 0 Å². The van der Waals surface area contributed by atoms with Gasteiger partial charge in [-0.15, -0.1) is 0 Å². The van der Waals surface area contributed by atoms with Crippen molar-refractivity contribution in [1.82, 2.24) is 5.32 Å². The minimum Gasteiger partial charge on any atom is -0.480 e. The highest BCUT2D eigenvalue weighted by molar-refractivity contribution is 5.80. The summed E-state index contributed by atoms with van der Waals surface area (Å²) in [6.07, 6.45) is 50.6. The van der Waals surface area contributed by atoms with Gasteiger partial charge in [0.05, 0.1) is 0 Å². The zero-order chi connectivity index (χ0) is 38.0. The summed E-state index contributed by atoms with van der Waals surface area (Å²) >= 11 is 0. The first kappa shape index (κ1) is 49.9. The zero-order valence-electron chi connectivity index (χ0n) is 34.4. The molecule has 0 radical (unpaired) electrons. The monoisotopic (exact) mass is 732 g/mol. The maximum Gasteiger partial charge on any atom is 0.322 e. The number of aliphatic carboxylic acids is 1. The van der Waals surface area contributed by atoms with Crippen molar-refractivity contribution in [3.05, 3.63) is 24.3 Å². The van der Waals surface area contributed by atoms with Crippen LogP contribution in [-0.4, -0.2) is 35.6 Å². The number of carbonyl (C=O) groups is 3. The molecule has 0 heterocycles. The van der Waals surface area contributed by atoms with Gasteiger partial charge < -0.3 is 15.2 Å². The van der Waals surface area contributed by atoms with Gasteiger partial charge in [-0.05, 0) is 51.0 Å². The third kappa shape index (κ3) is 40.7. The number of esters is 1. The van der Waals surface area contributed by atoms with Gasteiger partial charge in [0.25, 0.3) is 0 Å². The van der Waals surface area contributed by atoms with Gasteiger partial charge in [-0.3, -0.25) is 14.4 Å². The molecule has 0 spiro atoms. The Hall–Kier alpha value is -2.11. The molecule has 0 aliphatic rings. The van der Waals surface area contributed by atoms with E-state index in [2.05, 4.69) is 37.4 Å². The molecule has 0 fully saturated rings. The van der Waals surface area contributed by atoms with Crippen LogP contribution in [0.1, 0.15) is 239 Å². The van der Waals surface area contributed by atoms with E-state index in [0.717, 1.165) is 57.8 Å². The van der Waals surface area contributed by atoms with Crippen molar-refractivity contribution < 1.29 is 24.2 Å². The quantitative estimate of drug-likeness (QED) is 0.0371. The standard InChI is InChI=1S/C46H85NO5/c1-3-5-7-9-11-13-14-15-16-17-18-19-20-21-22-23-24-25-26-27-29-31-37-41-46(51)52-43(38-34-30-28-12-10-8-6-4-2)39-35-32-33-36-40-44(48)47-42-45(49)50/h12,28,34,38,43H,3-11,13-27,29-33,35-37,39-42H2,1-2H3,(H,47,48)(H,49,50)/b28-12-,38-34-. The van der Waals surface area contributed by atoms with Crippen LogP contribution in [0.4, 0.5) is 0 Å². The smallest absolute Gasteiger partial charge is 0.322 e. The molecule has 0 saturated carbocycles. The van der Waals surface area contributed by atoms with E-state index in [9.17, 15) is 14.4 Å². The minimum atomic E-state index is -1.03. The molecule has 6 nitrogen and oxygen atoms in total. The largest absolute Gasteiger partial charge is 0.480 e. The number of hydrogen-bond donors (Lipinski definition) is 2. The van der Waals surface area contributed by atoms with Crippen LogP contribution >= 0.6 is 0 Å². The number of nitrogens with one attached hydrogen (secondary N) is 1. The number of carboxylic acid groups (broad SMARTS) is 1. The number of allylic oxidation sites excluding steroid dienone is 3. The minimum absolute atomic E-state index is 0.0941. The highest BCUT2D eigenvalue weighted by Gasteiger charge is 2.12. The molecule has 1 unspecified atom stereocenters. The second-order valence-electron chi connectivity index (χ2n) is 15.3. The van der Waals surface area contributed by atoms with E-state index in [-0.39, 0.29) is 24.5 Å². The molecule has 0 aliphatic heterocycles. The number of amides is 1. The molecule has 0 aromatic heterocycles. The zero-order valence-corrected chi connectivity index (χ0v) is 34.4. The second-order valence-corrected chi connectivity index (χ2v) is 15.3. The van der Waals surface area contributed by atoms with Gasteiger partial charge in [0.2, 0.25) is 5.91 Å². The lowest BCUT2D eigenvalue weighted by molar-refractivity contribution is -0.147. The van der Waals surface area contributed by atoms with Gasteiger partial charge in [-0.1, -0.05) is 199 Å². The van der Waals surface area contributed by atoms with Crippen molar-refractivity contribution in [3.63, 3.8) is 0 Å². The van der Waals surface area contributed by atoms with Crippen LogP contribution in [0.25, 0.3) is 0 Å². The topological polar surface area (TPSA) is 92.7 Å². The van der Waals surface area contributed by atoms with Crippen LogP contribution < -0.4 is 5.32 Å². The molecule has 0 aromatic carbocycles. The lowest BCUT2D eigenvalue weighted by Crippen LogP contribution is -2.28. The van der Waals surface area contributed by atoms with E-state index >= 15 is 0 Å². The maximum absolute atomic E-state index is 12.7. The summed E-state index contributed by atoms with van der Waals surface area (Å²) in [7, 11) is 0. The summed E-state index contributed by atoms with van der Waals surface area (Å²) in [4.78, 5) is 35.0. The second kappa shape index (κ2) is 41.6. The van der Waals surface area contributed by atoms with E-state index in [4.69, 9.17) is 9.84 Å². The summed E-state index contributed by atoms with van der Waals surface area (Å²) in [5.41, 5.74) is 0. The van der Waals surface area contributed by atoms with Crippen molar-refractivity contribution in [1.29, 1.82) is 0 Å². The van der Waals surface area contributed by atoms with E-state index < -0.39 is 5.97 Å². The van der Waals surface area contributed by atoms with Crippen LogP contribution in [0.15, 0.2) is 24.3 Å². The van der Waals surface area contributed by atoms with Gasteiger partial charge in [0.15, 0.2) is 0 Å². The Morgan fingerprint density at radius 2 is 0.942 bits per heavy atom. The van der Waals surface area contributed by atoms with Gasteiger partial charge >= 0.3 is 11.9 Å². The maximum atomic E-state index is 12.7. The average molecular weight is 732 g/mol. The predicted molar refractivity (Wildman–Crippen MR) is 222 cm³/mol. The summed E-state index contributed by atoms with van der Waals surface area (Å²) in [5, 5.41) is 11.1. The van der Waals surface area contributed by atoms with E-state index in [0.29, 0.717) is 12.8 Å². The first-order valence-corrected chi connectivity index (χ1v) is 22.5. The summed E-state index contributed by atoms with van der Waals surface area (Å²) < 4.78 is 5.89. The summed E-state index contributed by atoms with van der Waals surface area (Å²) in [6.45, 7) is 4.18. The lowest BCUT2D eigenvalue weighted by atomic mass is 10.0. The molecule has 0 bridgehead atoms. The fourth-order valence-electron chi connectivity index (χ4n) is 6.76. The van der Waals surface area contributed by atoms with Crippen molar-refractivity contribution in [2.75, 3.05) is 6.54 Å². The highest BCUT2D eigenvalue weighted by atomic mass is 16.5. The highest BCUT2D eigenvalue weighted by Crippen LogP contribution is 2.17. The number of carboxylic acids is 1. The molecule has 52 heavy (non-hydrogen) atoms. The van der Waals surface area contributed by atoms with Crippen LogP contribution in [0.2, 0.25) is 0 Å². The van der Waals surface area contributed by atoms with Crippen LogP contribution in [0.5, 0.6) is 0 Å². The Labute approximate surface area is 322 Å². The molecule has 0 aromatic rings. The number of hydrogen-bond acceptors (Lipinski definition) is 4. The van der Waals surface area contributed by atoms with Gasteiger partial charge in [0.1, 0.15) is 12.6 Å². The molecular weight excluding hydrogens is 647 g/mol. The molecular formula is C46H85NO5. The number of carbonyl (C=O) groups excluding carboxylic acids is 2. The molecule has 0 aliphatic carbocycles. The van der Waals surface area contributed by atoms with E-state index in [1.54, 1.807) is 0 Å². The Bertz CT molecular complexity index is 854. The Morgan fingerprint density at radius 1 is 0.519 bits per heavy atom. The van der Waals surface area contributed by atoms with Gasteiger partial charge in [-0.2, -0.15) is 0 Å². The summed E-state index contributed by atoms with van der Waals surface area (Å²) in [6, 6.07) is 0. The van der Waals surface area contributed by atoms with E-state index in [1.165, 1.54) is 154 Å². The van der Waals surface area contributed by atoms with Crippen molar-refractivity contribution in [2.45, 2.75) is 245 Å². The summed E-state index contributed by atoms with van der Waals surface area (Å²) in [5.74, 6) is -1.34. The number of rotatable bonds is 41. The fraction of sp³-hybridized carbons (Fsp3) is 0.848.